The summed E-state index contributed by atoms with van der Waals surface area (Å²) in [5.41, 5.74) is 1.28. The van der Waals surface area contributed by atoms with E-state index in [2.05, 4.69) is 16.4 Å². The summed E-state index contributed by atoms with van der Waals surface area (Å²) >= 11 is 1.59. The first-order valence-electron chi connectivity index (χ1n) is 9.25. The summed E-state index contributed by atoms with van der Waals surface area (Å²) in [4.78, 5) is 32.7. The smallest absolute Gasteiger partial charge is 0.271 e. The van der Waals surface area contributed by atoms with E-state index < -0.39 is 0 Å². The Morgan fingerprint density at radius 2 is 2.17 bits per heavy atom. The summed E-state index contributed by atoms with van der Waals surface area (Å²) in [6.07, 6.45) is 1.74. The molecule has 0 saturated heterocycles. The van der Waals surface area contributed by atoms with Gasteiger partial charge in [0.2, 0.25) is 0 Å². The quantitative estimate of drug-likeness (QED) is 0.722. The standard InChI is InChI=1S/C21H19N5O2S/c1-14-19-24-18(20(27)23-12-17-6-3-9-29-17)13-25(19)7-8-26(14)21(28)16-5-2-4-15(10-16)11-22/h2-6,9-10,13-14H,7-8,12H2,1H3,(H,23,27)/t14-/m0/s1. The molecule has 4 rings (SSSR count). The molecular formula is C21H19N5O2S. The third-order valence-electron chi connectivity index (χ3n) is 4.97. The third-order valence-corrected chi connectivity index (χ3v) is 5.84. The van der Waals surface area contributed by atoms with E-state index in [9.17, 15) is 9.59 Å². The van der Waals surface area contributed by atoms with Crippen molar-refractivity contribution in [3.8, 4) is 6.07 Å². The molecular weight excluding hydrogens is 386 g/mol. The largest absolute Gasteiger partial charge is 0.346 e. The second kappa shape index (κ2) is 7.89. The second-order valence-corrected chi connectivity index (χ2v) is 7.84. The van der Waals surface area contributed by atoms with Crippen molar-refractivity contribution >= 4 is 23.2 Å². The number of carbonyl (C=O) groups is 2. The Hall–Kier alpha value is -3.44. The number of rotatable bonds is 4. The van der Waals surface area contributed by atoms with E-state index in [1.54, 1.807) is 46.7 Å². The molecule has 3 heterocycles. The van der Waals surface area contributed by atoms with Crippen LogP contribution in [0.2, 0.25) is 0 Å². The minimum Gasteiger partial charge on any atom is -0.346 e. The number of benzene rings is 1. The third kappa shape index (κ3) is 3.77. The van der Waals surface area contributed by atoms with Gasteiger partial charge in [-0.25, -0.2) is 4.98 Å². The zero-order chi connectivity index (χ0) is 20.4. The fraction of sp³-hybridized carbons (Fsp3) is 0.238. The van der Waals surface area contributed by atoms with Crippen LogP contribution in [-0.2, 0) is 13.1 Å². The Morgan fingerprint density at radius 1 is 1.31 bits per heavy atom. The molecule has 1 atom stereocenters. The van der Waals surface area contributed by atoms with Gasteiger partial charge in [0, 0.05) is 29.7 Å². The number of carbonyl (C=O) groups excluding carboxylic acids is 2. The highest BCUT2D eigenvalue weighted by atomic mass is 32.1. The zero-order valence-corrected chi connectivity index (χ0v) is 16.6. The number of fused-ring (bicyclic) bond motifs is 1. The molecule has 1 aliphatic rings. The summed E-state index contributed by atoms with van der Waals surface area (Å²) in [7, 11) is 0. The lowest BCUT2D eigenvalue weighted by molar-refractivity contribution is 0.0638. The van der Waals surface area contributed by atoms with Crippen molar-refractivity contribution in [1.29, 1.82) is 5.26 Å². The number of aromatic nitrogens is 2. The maximum atomic E-state index is 13.0. The number of amides is 2. The highest BCUT2D eigenvalue weighted by molar-refractivity contribution is 7.09. The predicted molar refractivity (Wildman–Crippen MR) is 108 cm³/mol. The first-order valence-corrected chi connectivity index (χ1v) is 10.1. The van der Waals surface area contributed by atoms with Crippen LogP contribution in [-0.4, -0.2) is 32.8 Å². The van der Waals surface area contributed by atoms with Crippen molar-refractivity contribution in [2.24, 2.45) is 0 Å². The van der Waals surface area contributed by atoms with Gasteiger partial charge in [-0.05, 0) is 36.6 Å². The lowest BCUT2D eigenvalue weighted by Crippen LogP contribution is -2.41. The van der Waals surface area contributed by atoms with Crippen molar-refractivity contribution < 1.29 is 9.59 Å². The number of hydrogen-bond donors (Lipinski definition) is 1. The second-order valence-electron chi connectivity index (χ2n) is 6.81. The molecule has 0 bridgehead atoms. The van der Waals surface area contributed by atoms with Gasteiger partial charge >= 0.3 is 0 Å². The van der Waals surface area contributed by atoms with E-state index >= 15 is 0 Å². The maximum absolute atomic E-state index is 13.0. The Balaban J connectivity index is 1.50. The average Bonchev–Trinajstić information content (AvgIpc) is 3.42. The minimum atomic E-state index is -0.277. The lowest BCUT2D eigenvalue weighted by Gasteiger charge is -2.33. The van der Waals surface area contributed by atoms with Crippen LogP contribution in [0.1, 0.15) is 50.1 Å². The minimum absolute atomic E-state index is 0.146. The molecule has 29 heavy (non-hydrogen) atoms. The van der Waals surface area contributed by atoms with E-state index in [0.717, 1.165) is 4.88 Å². The number of nitriles is 1. The number of nitrogens with one attached hydrogen (secondary N) is 1. The Bertz CT molecular complexity index is 1100. The molecule has 2 aromatic heterocycles. The molecule has 0 fully saturated rings. The lowest BCUT2D eigenvalue weighted by atomic mass is 10.1. The number of imidazole rings is 1. The summed E-state index contributed by atoms with van der Waals surface area (Å²) < 4.78 is 1.93. The molecule has 8 heteroatoms. The Kier molecular flexibility index (Phi) is 5.14. The van der Waals surface area contributed by atoms with Crippen LogP contribution in [0, 0.1) is 11.3 Å². The molecule has 1 N–H and O–H groups in total. The van der Waals surface area contributed by atoms with Gasteiger partial charge in [0.05, 0.1) is 24.2 Å². The van der Waals surface area contributed by atoms with Crippen LogP contribution >= 0.6 is 11.3 Å². The van der Waals surface area contributed by atoms with Crippen molar-refractivity contribution in [2.75, 3.05) is 6.54 Å². The first kappa shape index (κ1) is 18.9. The fourth-order valence-electron chi connectivity index (χ4n) is 3.44. The van der Waals surface area contributed by atoms with Crippen molar-refractivity contribution in [1.82, 2.24) is 19.8 Å². The van der Waals surface area contributed by atoms with Crippen molar-refractivity contribution in [3.05, 3.63) is 75.5 Å². The van der Waals surface area contributed by atoms with Gasteiger partial charge in [0.25, 0.3) is 11.8 Å². The van der Waals surface area contributed by atoms with Gasteiger partial charge < -0.3 is 14.8 Å². The first-order chi connectivity index (χ1) is 14.1. The normalized spacial score (nSPS) is 15.4. The number of nitrogens with zero attached hydrogens (tertiary/aromatic N) is 4. The Labute approximate surface area is 172 Å². The van der Waals surface area contributed by atoms with Crippen LogP contribution in [0.25, 0.3) is 0 Å². The number of hydrogen-bond acceptors (Lipinski definition) is 5. The summed E-state index contributed by atoms with van der Waals surface area (Å²) in [6, 6.07) is 12.4. The zero-order valence-electron chi connectivity index (χ0n) is 15.8. The van der Waals surface area contributed by atoms with Crippen LogP contribution < -0.4 is 5.32 Å². The van der Waals surface area contributed by atoms with Crippen LogP contribution in [0.15, 0.2) is 48.0 Å². The van der Waals surface area contributed by atoms with Gasteiger partial charge in [-0.3, -0.25) is 9.59 Å². The SMILES string of the molecule is C[C@H]1c2nc(C(=O)NCc3cccs3)cn2CCN1C(=O)c1cccc(C#N)c1. The van der Waals surface area contributed by atoms with Gasteiger partial charge in [-0.15, -0.1) is 11.3 Å². The van der Waals surface area contributed by atoms with E-state index in [-0.39, 0.29) is 17.9 Å². The molecule has 0 aliphatic carbocycles. The Morgan fingerprint density at radius 3 is 2.93 bits per heavy atom. The van der Waals surface area contributed by atoms with E-state index in [1.807, 2.05) is 29.0 Å². The molecule has 146 valence electrons. The molecule has 0 saturated carbocycles. The molecule has 3 aromatic rings. The molecule has 0 unspecified atom stereocenters. The molecule has 7 nitrogen and oxygen atoms in total. The van der Waals surface area contributed by atoms with Crippen LogP contribution in [0.5, 0.6) is 0 Å². The summed E-state index contributed by atoms with van der Waals surface area (Å²) in [5, 5.41) is 13.9. The maximum Gasteiger partial charge on any atom is 0.271 e. The average molecular weight is 405 g/mol. The van der Waals surface area contributed by atoms with E-state index in [4.69, 9.17) is 5.26 Å². The van der Waals surface area contributed by atoms with Gasteiger partial charge in [-0.1, -0.05) is 12.1 Å². The van der Waals surface area contributed by atoms with Gasteiger partial charge in [-0.2, -0.15) is 5.26 Å². The molecule has 1 aromatic carbocycles. The molecule has 0 spiro atoms. The highest BCUT2D eigenvalue weighted by Gasteiger charge is 2.31. The van der Waals surface area contributed by atoms with Crippen molar-refractivity contribution in [2.45, 2.75) is 26.1 Å². The van der Waals surface area contributed by atoms with Gasteiger partial charge in [0.15, 0.2) is 0 Å². The van der Waals surface area contributed by atoms with Crippen LogP contribution in [0.4, 0.5) is 0 Å². The van der Waals surface area contributed by atoms with Gasteiger partial charge in [0.1, 0.15) is 11.5 Å². The summed E-state index contributed by atoms with van der Waals surface area (Å²) in [5.74, 6) is 0.307. The van der Waals surface area contributed by atoms with Crippen molar-refractivity contribution in [3.63, 3.8) is 0 Å². The highest BCUT2D eigenvalue weighted by Crippen LogP contribution is 2.26. The molecule has 2 amide bonds. The summed E-state index contributed by atoms with van der Waals surface area (Å²) in [6.45, 7) is 3.44. The predicted octanol–water partition coefficient (Wildman–Crippen LogP) is 2.96. The van der Waals surface area contributed by atoms with E-state index in [0.29, 0.717) is 42.3 Å². The number of thiophene rings is 1. The molecule has 0 radical (unpaired) electrons. The topological polar surface area (TPSA) is 91.0 Å². The monoisotopic (exact) mass is 405 g/mol. The fourth-order valence-corrected chi connectivity index (χ4v) is 4.08. The molecule has 1 aliphatic heterocycles. The van der Waals surface area contributed by atoms with E-state index in [1.165, 1.54) is 0 Å². The van der Waals surface area contributed by atoms with Crippen LogP contribution in [0.3, 0.4) is 0 Å².